The largest absolute Gasteiger partial charge is 0.283 e. The van der Waals surface area contributed by atoms with Crippen LogP contribution in [0.15, 0.2) is 48.5 Å². The van der Waals surface area contributed by atoms with Crippen molar-refractivity contribution in [2.75, 3.05) is 4.72 Å². The summed E-state index contributed by atoms with van der Waals surface area (Å²) in [6.07, 6.45) is 0. The van der Waals surface area contributed by atoms with Gasteiger partial charge in [-0.25, -0.2) is 12.8 Å². The summed E-state index contributed by atoms with van der Waals surface area (Å²) >= 11 is 5.59. The van der Waals surface area contributed by atoms with Gasteiger partial charge in [-0.3, -0.25) is 4.72 Å². The van der Waals surface area contributed by atoms with E-state index in [1.165, 1.54) is 12.1 Å². The molecule has 0 fully saturated rings. The van der Waals surface area contributed by atoms with Crippen LogP contribution in [0, 0.1) is 5.82 Å². The zero-order valence-electron chi connectivity index (χ0n) is 9.81. The fraction of sp³-hybridized carbons (Fsp3) is 0.0769. The monoisotopic (exact) mass is 299 g/mol. The first-order valence-corrected chi connectivity index (χ1v) is 7.49. The van der Waals surface area contributed by atoms with Crippen molar-refractivity contribution in [3.63, 3.8) is 0 Å². The van der Waals surface area contributed by atoms with Crippen molar-refractivity contribution in [3.8, 4) is 0 Å². The van der Waals surface area contributed by atoms with Crippen LogP contribution in [-0.2, 0) is 15.8 Å². The Balaban J connectivity index is 2.15. The SMILES string of the molecule is O=S(=O)(Cc1ccccc1)Nc1ccc(F)c(Cl)c1. The minimum atomic E-state index is -3.55. The molecule has 0 saturated heterocycles. The molecule has 2 aromatic carbocycles. The molecular formula is C13H11ClFNO2S. The third-order valence-electron chi connectivity index (χ3n) is 2.39. The molecule has 1 N–H and O–H groups in total. The van der Waals surface area contributed by atoms with Crippen molar-refractivity contribution >= 4 is 27.3 Å². The summed E-state index contributed by atoms with van der Waals surface area (Å²) in [4.78, 5) is 0. The number of hydrogen-bond donors (Lipinski definition) is 1. The van der Waals surface area contributed by atoms with E-state index in [-0.39, 0.29) is 16.5 Å². The molecular weight excluding hydrogens is 289 g/mol. The summed E-state index contributed by atoms with van der Waals surface area (Å²) in [6.45, 7) is 0. The molecule has 0 radical (unpaired) electrons. The van der Waals surface area contributed by atoms with E-state index in [0.29, 0.717) is 5.56 Å². The fourth-order valence-electron chi connectivity index (χ4n) is 1.57. The van der Waals surface area contributed by atoms with Gasteiger partial charge < -0.3 is 0 Å². The molecule has 0 bridgehead atoms. The fourth-order valence-corrected chi connectivity index (χ4v) is 2.94. The van der Waals surface area contributed by atoms with Crippen molar-refractivity contribution < 1.29 is 12.8 Å². The molecule has 0 aromatic heterocycles. The Hall–Kier alpha value is -1.59. The van der Waals surface area contributed by atoms with Crippen LogP contribution in [0.2, 0.25) is 5.02 Å². The van der Waals surface area contributed by atoms with Gasteiger partial charge in [-0.05, 0) is 23.8 Å². The van der Waals surface area contributed by atoms with Gasteiger partial charge in [0, 0.05) is 0 Å². The number of sulfonamides is 1. The predicted molar refractivity (Wildman–Crippen MR) is 74.1 cm³/mol. The van der Waals surface area contributed by atoms with Crippen LogP contribution in [0.25, 0.3) is 0 Å². The van der Waals surface area contributed by atoms with Gasteiger partial charge in [0.05, 0.1) is 16.5 Å². The highest BCUT2D eigenvalue weighted by Gasteiger charge is 2.12. The van der Waals surface area contributed by atoms with Gasteiger partial charge in [0.15, 0.2) is 0 Å². The number of nitrogens with one attached hydrogen (secondary N) is 1. The van der Waals surface area contributed by atoms with Gasteiger partial charge >= 0.3 is 0 Å². The molecule has 3 nitrogen and oxygen atoms in total. The van der Waals surface area contributed by atoms with Crippen molar-refractivity contribution in [1.29, 1.82) is 0 Å². The van der Waals surface area contributed by atoms with Crippen molar-refractivity contribution in [2.45, 2.75) is 5.75 Å². The number of benzene rings is 2. The molecule has 6 heteroatoms. The smallest absolute Gasteiger partial charge is 0.236 e. The number of rotatable bonds is 4. The second-order valence-corrected chi connectivity index (χ2v) is 6.11. The highest BCUT2D eigenvalue weighted by molar-refractivity contribution is 7.91. The molecule has 19 heavy (non-hydrogen) atoms. The van der Waals surface area contributed by atoms with E-state index in [4.69, 9.17) is 11.6 Å². The minimum Gasteiger partial charge on any atom is -0.283 e. The van der Waals surface area contributed by atoms with Gasteiger partial charge in [0.25, 0.3) is 0 Å². The number of hydrogen-bond acceptors (Lipinski definition) is 2. The van der Waals surface area contributed by atoms with E-state index in [9.17, 15) is 12.8 Å². The lowest BCUT2D eigenvalue weighted by Gasteiger charge is -2.08. The predicted octanol–water partition coefficient (Wildman–Crippen LogP) is 3.42. The molecule has 2 aromatic rings. The zero-order valence-corrected chi connectivity index (χ0v) is 11.4. The lowest BCUT2D eigenvalue weighted by molar-refractivity contribution is 0.600. The Morgan fingerprint density at radius 3 is 2.42 bits per heavy atom. The average Bonchev–Trinajstić information content (AvgIpc) is 2.34. The molecule has 2 rings (SSSR count). The van der Waals surface area contributed by atoms with E-state index < -0.39 is 15.8 Å². The van der Waals surface area contributed by atoms with Crippen molar-refractivity contribution in [2.24, 2.45) is 0 Å². The Labute approximate surface area is 116 Å². The molecule has 0 spiro atoms. The summed E-state index contributed by atoms with van der Waals surface area (Å²) in [5, 5.41) is -0.125. The molecule has 100 valence electrons. The van der Waals surface area contributed by atoms with E-state index in [1.54, 1.807) is 24.3 Å². The molecule has 0 unspecified atom stereocenters. The lowest BCUT2D eigenvalue weighted by Crippen LogP contribution is -2.15. The molecule has 0 aliphatic heterocycles. The quantitative estimate of drug-likeness (QED) is 0.940. The maximum atomic E-state index is 13.0. The summed E-state index contributed by atoms with van der Waals surface area (Å²) in [5.41, 5.74) is 0.908. The van der Waals surface area contributed by atoms with Crippen LogP contribution < -0.4 is 4.72 Å². The topological polar surface area (TPSA) is 46.2 Å². The summed E-state index contributed by atoms with van der Waals surface area (Å²) in [5.74, 6) is -0.740. The van der Waals surface area contributed by atoms with Crippen LogP contribution in [-0.4, -0.2) is 8.42 Å². The van der Waals surface area contributed by atoms with Gasteiger partial charge in [-0.15, -0.1) is 0 Å². The standard InChI is InChI=1S/C13H11ClFNO2S/c14-12-8-11(6-7-13(12)15)16-19(17,18)9-10-4-2-1-3-5-10/h1-8,16H,9H2. The van der Waals surface area contributed by atoms with Crippen molar-refractivity contribution in [1.82, 2.24) is 0 Å². The first kappa shape index (κ1) is 13.8. The van der Waals surface area contributed by atoms with E-state index in [2.05, 4.69) is 4.72 Å². The summed E-state index contributed by atoms with van der Waals surface area (Å²) in [6, 6.07) is 12.4. The van der Waals surface area contributed by atoms with E-state index in [0.717, 1.165) is 6.07 Å². The first-order valence-electron chi connectivity index (χ1n) is 5.46. The Bertz CT molecular complexity index is 674. The van der Waals surface area contributed by atoms with Crippen LogP contribution >= 0.6 is 11.6 Å². The highest BCUT2D eigenvalue weighted by atomic mass is 35.5. The van der Waals surface area contributed by atoms with E-state index >= 15 is 0 Å². The second kappa shape index (κ2) is 5.59. The lowest BCUT2D eigenvalue weighted by atomic mass is 10.2. The minimum absolute atomic E-state index is 0.125. The third-order valence-corrected chi connectivity index (χ3v) is 3.94. The maximum Gasteiger partial charge on any atom is 0.236 e. The molecule has 0 aliphatic carbocycles. The first-order chi connectivity index (χ1) is 8.96. The molecule has 0 heterocycles. The zero-order chi connectivity index (χ0) is 13.9. The molecule has 0 atom stereocenters. The summed E-state index contributed by atoms with van der Waals surface area (Å²) < 4.78 is 39.2. The molecule has 0 amide bonds. The van der Waals surface area contributed by atoms with Gasteiger partial charge in [-0.2, -0.15) is 0 Å². The normalized spacial score (nSPS) is 11.3. The maximum absolute atomic E-state index is 13.0. The highest BCUT2D eigenvalue weighted by Crippen LogP contribution is 2.20. The number of anilines is 1. The van der Waals surface area contributed by atoms with Crippen molar-refractivity contribution in [3.05, 3.63) is 64.9 Å². The van der Waals surface area contributed by atoms with Crippen LogP contribution in [0.3, 0.4) is 0 Å². The van der Waals surface area contributed by atoms with Gasteiger partial charge in [0.2, 0.25) is 10.0 Å². The van der Waals surface area contributed by atoms with Gasteiger partial charge in [0.1, 0.15) is 5.82 Å². The van der Waals surface area contributed by atoms with Crippen LogP contribution in [0.1, 0.15) is 5.56 Å². The van der Waals surface area contributed by atoms with E-state index in [1.807, 2.05) is 6.07 Å². The van der Waals surface area contributed by atoms with Crippen LogP contribution in [0.5, 0.6) is 0 Å². The summed E-state index contributed by atoms with van der Waals surface area (Å²) in [7, 11) is -3.55. The Morgan fingerprint density at radius 1 is 1.11 bits per heavy atom. The van der Waals surface area contributed by atoms with Gasteiger partial charge in [-0.1, -0.05) is 41.9 Å². The third kappa shape index (κ3) is 3.94. The van der Waals surface area contributed by atoms with Crippen LogP contribution in [0.4, 0.5) is 10.1 Å². The molecule has 0 saturated carbocycles. The Morgan fingerprint density at radius 2 is 1.79 bits per heavy atom. The number of halogens is 2. The Kier molecular flexibility index (Phi) is 4.07. The second-order valence-electron chi connectivity index (χ2n) is 3.98. The molecule has 0 aliphatic rings. The average molecular weight is 300 g/mol.